The number of hydrogen-bond donors (Lipinski definition) is 1. The van der Waals surface area contributed by atoms with Gasteiger partial charge < -0.3 is 10.2 Å². The third kappa shape index (κ3) is 5.92. The summed E-state index contributed by atoms with van der Waals surface area (Å²) in [5, 5.41) is 3.25. The lowest BCUT2D eigenvalue weighted by atomic mass is 9.94. The molecule has 1 saturated heterocycles. The summed E-state index contributed by atoms with van der Waals surface area (Å²) < 4.78 is 13.4. The predicted molar refractivity (Wildman–Crippen MR) is 127 cm³/mol. The normalized spacial score (nSPS) is 16.0. The van der Waals surface area contributed by atoms with Gasteiger partial charge in [-0.15, -0.1) is 0 Å². The molecule has 0 bridgehead atoms. The van der Waals surface area contributed by atoms with Gasteiger partial charge in [-0.2, -0.15) is 0 Å². The summed E-state index contributed by atoms with van der Waals surface area (Å²) in [5.74, 6) is 1.58. The monoisotopic (exact) mass is 447 g/mol. The van der Waals surface area contributed by atoms with Gasteiger partial charge in [-0.05, 0) is 68.4 Å². The molecule has 1 aromatic carbocycles. The molecule has 1 N–H and O–H groups in total. The lowest BCUT2D eigenvalue weighted by molar-refractivity contribution is -0.132. The van der Waals surface area contributed by atoms with Gasteiger partial charge in [0.1, 0.15) is 17.5 Å². The van der Waals surface area contributed by atoms with Crippen molar-refractivity contribution in [3.63, 3.8) is 0 Å². The minimum Gasteiger partial charge on any atom is -0.342 e. The molecule has 172 valence electrons. The standard InChI is InChI=1S/C26H30FN5O/c1-18-6-4-12-29-26(18)31-24-16-28-15-23(30-24)21-8-5-13-32(17-21)25(33)9-3-7-20-10-11-22(27)19(2)14-20/h4,6,10-12,14-16,21H,3,5,7-9,13,17H2,1-2H3,(H,29,30,31)/t21-/m1/s1. The molecule has 7 heteroatoms. The summed E-state index contributed by atoms with van der Waals surface area (Å²) in [6, 6.07) is 9.06. The Bertz CT molecular complexity index is 1120. The Morgan fingerprint density at radius 3 is 2.91 bits per heavy atom. The van der Waals surface area contributed by atoms with Crippen LogP contribution in [0, 0.1) is 19.7 Å². The average Bonchev–Trinajstić information content (AvgIpc) is 2.83. The number of piperidine rings is 1. The van der Waals surface area contributed by atoms with Crippen LogP contribution in [-0.4, -0.2) is 38.8 Å². The van der Waals surface area contributed by atoms with Crippen molar-refractivity contribution < 1.29 is 9.18 Å². The predicted octanol–water partition coefficient (Wildman–Crippen LogP) is 5.10. The number of hydrogen-bond acceptors (Lipinski definition) is 5. The van der Waals surface area contributed by atoms with Gasteiger partial charge in [-0.3, -0.25) is 9.78 Å². The zero-order valence-electron chi connectivity index (χ0n) is 19.2. The van der Waals surface area contributed by atoms with E-state index in [1.807, 2.05) is 30.0 Å². The molecule has 6 nitrogen and oxygen atoms in total. The summed E-state index contributed by atoms with van der Waals surface area (Å²) >= 11 is 0. The molecular formula is C26H30FN5O. The highest BCUT2D eigenvalue weighted by atomic mass is 19.1. The molecule has 0 aliphatic carbocycles. The molecule has 0 unspecified atom stereocenters. The van der Waals surface area contributed by atoms with Gasteiger partial charge in [0, 0.05) is 37.8 Å². The number of aromatic nitrogens is 3. The van der Waals surface area contributed by atoms with Crippen molar-refractivity contribution >= 4 is 17.5 Å². The first-order chi connectivity index (χ1) is 16.0. The Morgan fingerprint density at radius 2 is 2.09 bits per heavy atom. The fourth-order valence-electron chi connectivity index (χ4n) is 4.29. The Labute approximate surface area is 194 Å². The number of anilines is 2. The number of pyridine rings is 1. The van der Waals surface area contributed by atoms with Gasteiger partial charge in [-0.25, -0.2) is 14.4 Å². The van der Waals surface area contributed by atoms with Crippen molar-refractivity contribution in [2.45, 2.75) is 51.9 Å². The third-order valence-corrected chi connectivity index (χ3v) is 6.18. The number of carbonyl (C=O) groups excluding carboxylic acids is 1. The van der Waals surface area contributed by atoms with Crippen molar-refractivity contribution in [3.8, 4) is 0 Å². The zero-order chi connectivity index (χ0) is 23.2. The van der Waals surface area contributed by atoms with E-state index in [0.29, 0.717) is 24.3 Å². The molecule has 1 amide bonds. The van der Waals surface area contributed by atoms with Crippen LogP contribution in [0.1, 0.15) is 54.0 Å². The average molecular weight is 448 g/mol. The maximum Gasteiger partial charge on any atom is 0.222 e. The first-order valence-electron chi connectivity index (χ1n) is 11.5. The molecule has 1 aliphatic rings. The van der Waals surface area contributed by atoms with Gasteiger partial charge in [0.25, 0.3) is 0 Å². The molecule has 1 aliphatic heterocycles. The smallest absolute Gasteiger partial charge is 0.222 e. The van der Waals surface area contributed by atoms with E-state index in [-0.39, 0.29) is 17.6 Å². The van der Waals surface area contributed by atoms with Crippen LogP contribution in [0.3, 0.4) is 0 Å². The van der Waals surface area contributed by atoms with Crippen LogP contribution in [0.15, 0.2) is 48.9 Å². The van der Waals surface area contributed by atoms with E-state index in [4.69, 9.17) is 4.98 Å². The second-order valence-electron chi connectivity index (χ2n) is 8.74. The Hall–Kier alpha value is -3.35. The lowest BCUT2D eigenvalue weighted by Gasteiger charge is -2.32. The van der Waals surface area contributed by atoms with Crippen LogP contribution in [-0.2, 0) is 11.2 Å². The summed E-state index contributed by atoms with van der Waals surface area (Å²) in [6.07, 6.45) is 9.20. The number of likely N-dealkylation sites (tertiary alicyclic amines) is 1. The lowest BCUT2D eigenvalue weighted by Crippen LogP contribution is -2.39. The van der Waals surface area contributed by atoms with Gasteiger partial charge >= 0.3 is 0 Å². The SMILES string of the molecule is Cc1cc(CCCC(=O)N2CCC[C@@H](c3cncc(Nc4ncccc4C)n3)C2)ccc1F. The maximum atomic E-state index is 13.4. The molecule has 33 heavy (non-hydrogen) atoms. The number of halogens is 1. The van der Waals surface area contributed by atoms with Crippen molar-refractivity contribution in [1.82, 2.24) is 19.9 Å². The summed E-state index contributed by atoms with van der Waals surface area (Å²) in [4.78, 5) is 28.3. The van der Waals surface area contributed by atoms with Gasteiger partial charge in [0.05, 0.1) is 11.9 Å². The molecule has 0 saturated carbocycles. The minimum atomic E-state index is -0.188. The molecule has 3 heterocycles. The molecule has 1 atom stereocenters. The van der Waals surface area contributed by atoms with Crippen LogP contribution in [0.4, 0.5) is 16.0 Å². The Morgan fingerprint density at radius 1 is 1.21 bits per heavy atom. The molecule has 4 rings (SSSR count). The number of amides is 1. The molecule has 0 spiro atoms. The maximum absolute atomic E-state index is 13.4. The van der Waals surface area contributed by atoms with Crippen molar-refractivity contribution in [2.24, 2.45) is 0 Å². The van der Waals surface area contributed by atoms with Crippen LogP contribution in [0.25, 0.3) is 0 Å². The number of rotatable bonds is 7. The van der Waals surface area contributed by atoms with Crippen molar-refractivity contribution in [3.05, 3.63) is 77.1 Å². The highest BCUT2D eigenvalue weighted by Crippen LogP contribution is 2.27. The highest BCUT2D eigenvalue weighted by Gasteiger charge is 2.25. The number of benzene rings is 1. The topological polar surface area (TPSA) is 71.0 Å². The van der Waals surface area contributed by atoms with Crippen molar-refractivity contribution in [1.29, 1.82) is 0 Å². The third-order valence-electron chi connectivity index (χ3n) is 6.18. The van der Waals surface area contributed by atoms with E-state index >= 15 is 0 Å². The number of carbonyl (C=O) groups is 1. The fourth-order valence-corrected chi connectivity index (χ4v) is 4.29. The van der Waals surface area contributed by atoms with Crippen LogP contribution >= 0.6 is 0 Å². The van der Waals surface area contributed by atoms with Crippen LogP contribution < -0.4 is 5.32 Å². The second-order valence-corrected chi connectivity index (χ2v) is 8.74. The second kappa shape index (κ2) is 10.5. The quantitative estimate of drug-likeness (QED) is 0.546. The van der Waals surface area contributed by atoms with E-state index in [9.17, 15) is 9.18 Å². The fraction of sp³-hybridized carbons (Fsp3) is 0.385. The van der Waals surface area contributed by atoms with Crippen LogP contribution in [0.5, 0.6) is 0 Å². The van der Waals surface area contributed by atoms with Gasteiger partial charge in [0.15, 0.2) is 0 Å². The van der Waals surface area contributed by atoms with Crippen molar-refractivity contribution in [2.75, 3.05) is 18.4 Å². The molecule has 3 aromatic rings. The Balaban J connectivity index is 1.33. The van der Waals surface area contributed by atoms with Gasteiger partial charge in [-0.1, -0.05) is 18.2 Å². The zero-order valence-corrected chi connectivity index (χ0v) is 19.2. The number of nitrogens with one attached hydrogen (secondary N) is 1. The Kier molecular flexibility index (Phi) is 7.27. The van der Waals surface area contributed by atoms with Gasteiger partial charge in [0.2, 0.25) is 5.91 Å². The molecule has 1 fully saturated rings. The molecule has 2 aromatic heterocycles. The van der Waals surface area contributed by atoms with E-state index in [2.05, 4.69) is 15.3 Å². The van der Waals surface area contributed by atoms with E-state index in [0.717, 1.165) is 54.9 Å². The first kappa shape index (κ1) is 22.8. The molecule has 0 radical (unpaired) electrons. The first-order valence-corrected chi connectivity index (χ1v) is 11.5. The summed E-state index contributed by atoms with van der Waals surface area (Å²) in [5.41, 5.74) is 3.65. The van der Waals surface area contributed by atoms with E-state index in [1.54, 1.807) is 31.6 Å². The van der Waals surface area contributed by atoms with E-state index < -0.39 is 0 Å². The largest absolute Gasteiger partial charge is 0.342 e. The number of nitrogens with zero attached hydrogens (tertiary/aromatic N) is 4. The summed E-state index contributed by atoms with van der Waals surface area (Å²) in [6.45, 7) is 5.20. The summed E-state index contributed by atoms with van der Waals surface area (Å²) in [7, 11) is 0. The minimum absolute atomic E-state index is 0.168. The van der Waals surface area contributed by atoms with E-state index in [1.165, 1.54) is 6.07 Å². The highest BCUT2D eigenvalue weighted by molar-refractivity contribution is 5.76. The number of aryl methyl sites for hydroxylation is 3. The molecular weight excluding hydrogens is 417 g/mol. The van der Waals surface area contributed by atoms with Crippen LogP contribution in [0.2, 0.25) is 0 Å².